The van der Waals surface area contributed by atoms with E-state index in [9.17, 15) is 16.8 Å². The molecule has 0 unspecified atom stereocenters. The Morgan fingerprint density at radius 2 is 1.48 bits per heavy atom. The van der Waals surface area contributed by atoms with Crippen molar-refractivity contribution < 1.29 is 16.8 Å². The van der Waals surface area contributed by atoms with Crippen LogP contribution in [0, 0.1) is 0 Å². The first-order valence-electron chi connectivity index (χ1n) is 6.83. The summed E-state index contributed by atoms with van der Waals surface area (Å²) in [5, 5.41) is 5.16. The maximum atomic E-state index is 12.0. The number of benzene rings is 1. The van der Waals surface area contributed by atoms with Gasteiger partial charge in [0.15, 0.2) is 0 Å². The number of hydrogen-bond acceptors (Lipinski definition) is 4. The summed E-state index contributed by atoms with van der Waals surface area (Å²) in [5.41, 5.74) is 1.72. The molecule has 0 amide bonds. The summed E-state index contributed by atoms with van der Waals surface area (Å²) in [6, 6.07) is 2.86. The smallest absolute Gasteiger partial charge is 0.238 e. The van der Waals surface area contributed by atoms with Crippen molar-refractivity contribution >= 4 is 25.7 Å². The molecule has 0 aliphatic carbocycles. The molecule has 0 radical (unpaired) electrons. The van der Waals surface area contributed by atoms with Crippen molar-refractivity contribution in [2.24, 2.45) is 5.14 Å². The number of aryl methyl sites for hydroxylation is 2. The lowest BCUT2D eigenvalue weighted by molar-refractivity contribution is 0.597. The number of nitrogens with one attached hydrogen (secondary N) is 1. The second-order valence-electron chi connectivity index (χ2n) is 4.79. The first-order chi connectivity index (χ1) is 9.64. The Kier molecular flexibility index (Phi) is 5.77. The summed E-state index contributed by atoms with van der Waals surface area (Å²) in [5.74, 6) is 0.0241. The summed E-state index contributed by atoms with van der Waals surface area (Å²) in [6.45, 7) is 5.45. The van der Waals surface area contributed by atoms with Crippen molar-refractivity contribution in [1.82, 2.24) is 0 Å². The van der Waals surface area contributed by atoms with Crippen LogP contribution in [0.5, 0.6) is 0 Å². The Labute approximate surface area is 126 Å². The van der Waals surface area contributed by atoms with E-state index in [-0.39, 0.29) is 10.6 Å². The zero-order valence-corrected chi connectivity index (χ0v) is 14.1. The van der Waals surface area contributed by atoms with Gasteiger partial charge in [0, 0.05) is 0 Å². The van der Waals surface area contributed by atoms with Crippen LogP contribution in [0.2, 0.25) is 0 Å². The third-order valence-electron chi connectivity index (χ3n) is 3.10. The largest absolute Gasteiger partial charge is 0.283 e. The Morgan fingerprint density at radius 3 is 1.81 bits per heavy atom. The van der Waals surface area contributed by atoms with Crippen molar-refractivity contribution in [3.8, 4) is 0 Å². The normalized spacial score (nSPS) is 12.4. The summed E-state index contributed by atoms with van der Waals surface area (Å²) < 4.78 is 49.5. The van der Waals surface area contributed by atoms with Crippen LogP contribution in [-0.2, 0) is 32.9 Å². The second kappa shape index (κ2) is 6.76. The molecule has 0 atom stereocenters. The van der Waals surface area contributed by atoms with Gasteiger partial charge in [-0.2, -0.15) is 0 Å². The van der Waals surface area contributed by atoms with Gasteiger partial charge in [0.25, 0.3) is 0 Å². The van der Waals surface area contributed by atoms with Crippen LogP contribution in [0.15, 0.2) is 17.0 Å². The highest BCUT2D eigenvalue weighted by atomic mass is 32.2. The minimum atomic E-state index is -3.82. The molecule has 0 aliphatic rings. The van der Waals surface area contributed by atoms with Gasteiger partial charge in [-0.05, 0) is 42.5 Å². The summed E-state index contributed by atoms with van der Waals surface area (Å²) in [6.07, 6.45) is 1.51. The van der Waals surface area contributed by atoms with Gasteiger partial charge in [0.2, 0.25) is 20.0 Å². The fourth-order valence-corrected chi connectivity index (χ4v) is 3.89. The lowest BCUT2D eigenvalue weighted by Gasteiger charge is -2.17. The highest BCUT2D eigenvalue weighted by molar-refractivity contribution is 7.92. The van der Waals surface area contributed by atoms with E-state index in [2.05, 4.69) is 4.72 Å². The first kappa shape index (κ1) is 17.9. The molecular formula is C13H22N2O4S2. The van der Waals surface area contributed by atoms with Gasteiger partial charge in [-0.1, -0.05) is 20.8 Å². The standard InChI is InChI=1S/C13H22N2O4S2/c1-4-7-20(16,17)15-13-10(5-2)8-12(21(14,18)19)9-11(13)6-3/h8-9,15H,4-7H2,1-3H3,(H2,14,18,19). The van der Waals surface area contributed by atoms with E-state index < -0.39 is 20.0 Å². The Balaban J connectivity index is 3.45. The average molecular weight is 334 g/mol. The lowest BCUT2D eigenvalue weighted by atomic mass is 10.0. The van der Waals surface area contributed by atoms with Gasteiger partial charge in [0.1, 0.15) is 0 Å². The molecule has 1 rings (SSSR count). The molecule has 8 heteroatoms. The van der Waals surface area contributed by atoms with Crippen LogP contribution >= 0.6 is 0 Å². The Morgan fingerprint density at radius 1 is 1.00 bits per heavy atom. The van der Waals surface area contributed by atoms with E-state index in [1.807, 2.05) is 13.8 Å². The zero-order chi connectivity index (χ0) is 16.3. The summed E-state index contributed by atoms with van der Waals surface area (Å²) >= 11 is 0. The highest BCUT2D eigenvalue weighted by Gasteiger charge is 2.18. The van der Waals surface area contributed by atoms with Crippen LogP contribution in [0.3, 0.4) is 0 Å². The van der Waals surface area contributed by atoms with Gasteiger partial charge in [-0.25, -0.2) is 22.0 Å². The second-order valence-corrected chi connectivity index (χ2v) is 8.19. The topological polar surface area (TPSA) is 106 Å². The minimum absolute atomic E-state index is 0.00893. The van der Waals surface area contributed by atoms with Gasteiger partial charge in [0.05, 0.1) is 16.3 Å². The first-order valence-corrected chi connectivity index (χ1v) is 10.0. The van der Waals surface area contributed by atoms with Crippen molar-refractivity contribution in [1.29, 1.82) is 0 Å². The quantitative estimate of drug-likeness (QED) is 0.790. The molecule has 0 heterocycles. The molecule has 0 saturated carbocycles. The van der Waals surface area contributed by atoms with Crippen LogP contribution < -0.4 is 9.86 Å². The predicted octanol–water partition coefficient (Wildman–Crippen LogP) is 1.61. The third kappa shape index (κ3) is 4.69. The number of nitrogens with two attached hydrogens (primary N) is 1. The summed E-state index contributed by atoms with van der Waals surface area (Å²) in [4.78, 5) is 0.00893. The molecule has 0 spiro atoms. The molecule has 1 aromatic carbocycles. The molecule has 21 heavy (non-hydrogen) atoms. The van der Waals surface area contributed by atoms with E-state index in [0.29, 0.717) is 36.1 Å². The number of rotatable bonds is 7. The molecule has 0 aromatic heterocycles. The molecular weight excluding hydrogens is 312 g/mol. The molecule has 1 aromatic rings. The van der Waals surface area contributed by atoms with E-state index in [1.54, 1.807) is 6.92 Å². The van der Waals surface area contributed by atoms with E-state index in [4.69, 9.17) is 5.14 Å². The molecule has 6 nitrogen and oxygen atoms in total. The predicted molar refractivity (Wildman–Crippen MR) is 84.3 cm³/mol. The zero-order valence-electron chi connectivity index (χ0n) is 12.5. The van der Waals surface area contributed by atoms with Gasteiger partial charge < -0.3 is 0 Å². The molecule has 0 bridgehead atoms. The van der Waals surface area contributed by atoms with E-state index in [1.165, 1.54) is 12.1 Å². The van der Waals surface area contributed by atoms with Gasteiger partial charge in [-0.15, -0.1) is 0 Å². The Bertz CT molecular complexity index is 685. The number of anilines is 1. The third-order valence-corrected chi connectivity index (χ3v) is 5.45. The molecule has 3 N–H and O–H groups in total. The van der Waals surface area contributed by atoms with Crippen molar-refractivity contribution in [2.75, 3.05) is 10.5 Å². The molecule has 120 valence electrons. The van der Waals surface area contributed by atoms with Crippen molar-refractivity contribution in [3.05, 3.63) is 23.3 Å². The van der Waals surface area contributed by atoms with E-state index >= 15 is 0 Å². The Hall–Kier alpha value is -1.12. The summed E-state index contributed by atoms with van der Waals surface area (Å²) in [7, 11) is -7.24. The van der Waals surface area contributed by atoms with Crippen LogP contribution in [-0.4, -0.2) is 22.6 Å². The highest BCUT2D eigenvalue weighted by Crippen LogP contribution is 2.27. The van der Waals surface area contributed by atoms with E-state index in [0.717, 1.165) is 0 Å². The number of primary sulfonamides is 1. The fraction of sp³-hybridized carbons (Fsp3) is 0.538. The maximum Gasteiger partial charge on any atom is 0.238 e. The SMILES string of the molecule is CCCS(=O)(=O)Nc1c(CC)cc(S(N)(=O)=O)cc1CC. The van der Waals surface area contributed by atoms with Crippen LogP contribution in [0.4, 0.5) is 5.69 Å². The fourth-order valence-electron chi connectivity index (χ4n) is 2.06. The maximum absolute atomic E-state index is 12.0. The number of sulfonamides is 2. The van der Waals surface area contributed by atoms with Crippen LogP contribution in [0.25, 0.3) is 0 Å². The monoisotopic (exact) mass is 334 g/mol. The average Bonchev–Trinajstić information content (AvgIpc) is 2.36. The minimum Gasteiger partial charge on any atom is -0.283 e. The van der Waals surface area contributed by atoms with Crippen molar-refractivity contribution in [2.45, 2.75) is 44.9 Å². The van der Waals surface area contributed by atoms with Gasteiger partial charge >= 0.3 is 0 Å². The van der Waals surface area contributed by atoms with Crippen LogP contribution in [0.1, 0.15) is 38.3 Å². The number of hydrogen-bond donors (Lipinski definition) is 2. The lowest BCUT2D eigenvalue weighted by Crippen LogP contribution is -2.19. The molecule has 0 saturated heterocycles. The molecule has 0 fully saturated rings. The molecule has 0 aliphatic heterocycles. The van der Waals surface area contributed by atoms with Crippen molar-refractivity contribution in [3.63, 3.8) is 0 Å². The van der Waals surface area contributed by atoms with Gasteiger partial charge in [-0.3, -0.25) is 4.72 Å².